The Labute approximate surface area is 106 Å². The summed E-state index contributed by atoms with van der Waals surface area (Å²) in [5, 5.41) is 11.3. The second-order valence-corrected chi connectivity index (χ2v) is 4.06. The van der Waals surface area contributed by atoms with Crippen molar-refractivity contribution in [1.82, 2.24) is 5.32 Å². The Hall–Kier alpha value is -2.04. The molecular weight excluding hydrogens is 234 g/mol. The average Bonchev–Trinajstić information content (AvgIpc) is 2.35. The van der Waals surface area contributed by atoms with E-state index in [1.165, 1.54) is 0 Å². The van der Waals surface area contributed by atoms with Crippen molar-refractivity contribution in [2.24, 2.45) is 5.92 Å². The normalized spacial score (nSPS) is 11.7. The van der Waals surface area contributed by atoms with E-state index < -0.39 is 11.9 Å². The van der Waals surface area contributed by atoms with E-state index in [0.29, 0.717) is 6.54 Å². The molecule has 0 bridgehead atoms. The molecule has 1 aromatic rings. The largest absolute Gasteiger partial charge is 0.497 e. The SMILES string of the molecule is COc1ccc(CNC(=O)C(C)CC(=O)O)cc1. The molecule has 1 amide bonds. The van der Waals surface area contributed by atoms with E-state index >= 15 is 0 Å². The van der Waals surface area contributed by atoms with Crippen molar-refractivity contribution in [3.8, 4) is 5.75 Å². The van der Waals surface area contributed by atoms with E-state index in [0.717, 1.165) is 11.3 Å². The van der Waals surface area contributed by atoms with Crippen molar-refractivity contribution in [3.63, 3.8) is 0 Å². The van der Waals surface area contributed by atoms with Crippen molar-refractivity contribution in [1.29, 1.82) is 0 Å². The molecule has 2 N–H and O–H groups in total. The molecule has 0 heterocycles. The molecule has 0 spiro atoms. The van der Waals surface area contributed by atoms with Crippen LogP contribution in [0.5, 0.6) is 5.75 Å². The van der Waals surface area contributed by atoms with Crippen molar-refractivity contribution >= 4 is 11.9 Å². The van der Waals surface area contributed by atoms with Crippen LogP contribution in [-0.2, 0) is 16.1 Å². The number of carboxylic acid groups (broad SMARTS) is 1. The van der Waals surface area contributed by atoms with E-state index in [2.05, 4.69) is 5.32 Å². The van der Waals surface area contributed by atoms with E-state index in [4.69, 9.17) is 9.84 Å². The van der Waals surface area contributed by atoms with Crippen molar-refractivity contribution in [3.05, 3.63) is 29.8 Å². The molecule has 98 valence electrons. The third-order valence-electron chi connectivity index (χ3n) is 2.55. The summed E-state index contributed by atoms with van der Waals surface area (Å²) < 4.78 is 5.02. The maximum absolute atomic E-state index is 11.6. The fourth-order valence-corrected chi connectivity index (χ4v) is 1.46. The third kappa shape index (κ3) is 4.45. The molecule has 0 aliphatic heterocycles. The predicted molar refractivity (Wildman–Crippen MR) is 66.3 cm³/mol. The van der Waals surface area contributed by atoms with Gasteiger partial charge in [0, 0.05) is 12.5 Å². The Morgan fingerprint density at radius 3 is 2.44 bits per heavy atom. The molecule has 0 fully saturated rings. The number of amides is 1. The van der Waals surface area contributed by atoms with Crippen LogP contribution in [0.1, 0.15) is 18.9 Å². The van der Waals surface area contributed by atoms with E-state index in [9.17, 15) is 9.59 Å². The van der Waals surface area contributed by atoms with Crippen LogP contribution in [0.3, 0.4) is 0 Å². The number of carbonyl (C=O) groups is 2. The number of rotatable bonds is 6. The maximum Gasteiger partial charge on any atom is 0.304 e. The quantitative estimate of drug-likeness (QED) is 0.801. The van der Waals surface area contributed by atoms with Crippen molar-refractivity contribution in [2.75, 3.05) is 7.11 Å². The van der Waals surface area contributed by atoms with Gasteiger partial charge >= 0.3 is 5.97 Å². The zero-order valence-corrected chi connectivity index (χ0v) is 10.5. The van der Waals surface area contributed by atoms with Crippen LogP contribution >= 0.6 is 0 Å². The second kappa shape index (κ2) is 6.64. The number of ether oxygens (including phenoxy) is 1. The summed E-state index contributed by atoms with van der Waals surface area (Å²) in [5.74, 6) is -1.000. The van der Waals surface area contributed by atoms with Crippen molar-refractivity contribution in [2.45, 2.75) is 19.9 Å². The first kappa shape index (κ1) is 14.0. The highest BCUT2D eigenvalue weighted by atomic mass is 16.5. The Bertz CT molecular complexity index is 414. The molecule has 0 aliphatic carbocycles. The fraction of sp³-hybridized carbons (Fsp3) is 0.385. The highest BCUT2D eigenvalue weighted by molar-refractivity contribution is 5.82. The Kier molecular flexibility index (Phi) is 5.17. The van der Waals surface area contributed by atoms with Crippen molar-refractivity contribution < 1.29 is 19.4 Å². The topological polar surface area (TPSA) is 75.6 Å². The van der Waals surface area contributed by atoms with Crippen LogP contribution in [0.4, 0.5) is 0 Å². The lowest BCUT2D eigenvalue weighted by Gasteiger charge is -2.10. The van der Waals surface area contributed by atoms with Gasteiger partial charge in [-0.25, -0.2) is 0 Å². The molecule has 18 heavy (non-hydrogen) atoms. The minimum absolute atomic E-state index is 0.158. The van der Waals surface area contributed by atoms with Gasteiger partial charge in [-0.3, -0.25) is 9.59 Å². The summed E-state index contributed by atoms with van der Waals surface area (Å²) in [5.41, 5.74) is 0.937. The minimum atomic E-state index is -0.970. The molecular formula is C13H17NO4. The zero-order valence-electron chi connectivity index (χ0n) is 10.5. The second-order valence-electron chi connectivity index (χ2n) is 4.06. The molecule has 1 unspecified atom stereocenters. The third-order valence-corrected chi connectivity index (χ3v) is 2.55. The number of benzene rings is 1. The van der Waals surface area contributed by atoms with E-state index in [-0.39, 0.29) is 12.3 Å². The van der Waals surface area contributed by atoms with Gasteiger partial charge in [0.25, 0.3) is 0 Å². The molecule has 5 nitrogen and oxygen atoms in total. The van der Waals surface area contributed by atoms with Gasteiger partial charge in [-0.2, -0.15) is 0 Å². The lowest BCUT2D eigenvalue weighted by molar-refractivity contribution is -0.140. The number of hydrogen-bond acceptors (Lipinski definition) is 3. The Morgan fingerprint density at radius 1 is 1.33 bits per heavy atom. The van der Waals surface area contributed by atoms with Gasteiger partial charge in [-0.05, 0) is 17.7 Å². The first-order valence-electron chi connectivity index (χ1n) is 5.65. The number of carbonyl (C=O) groups excluding carboxylic acids is 1. The lowest BCUT2D eigenvalue weighted by atomic mass is 10.1. The highest BCUT2D eigenvalue weighted by Crippen LogP contribution is 2.11. The van der Waals surface area contributed by atoms with Gasteiger partial charge in [0.2, 0.25) is 5.91 Å². The molecule has 0 aromatic heterocycles. The van der Waals surface area contributed by atoms with Crippen LogP contribution in [0, 0.1) is 5.92 Å². The first-order chi connectivity index (χ1) is 8.52. The summed E-state index contributed by atoms with van der Waals surface area (Å²) in [4.78, 5) is 22.0. The van der Waals surface area contributed by atoms with Gasteiger partial charge in [0.05, 0.1) is 13.5 Å². The zero-order chi connectivity index (χ0) is 13.5. The van der Waals surface area contributed by atoms with Gasteiger partial charge in [0.15, 0.2) is 0 Å². The van der Waals surface area contributed by atoms with Crippen LogP contribution in [0.15, 0.2) is 24.3 Å². The summed E-state index contributed by atoms with van der Waals surface area (Å²) in [6.07, 6.45) is -0.158. The van der Waals surface area contributed by atoms with E-state index in [1.807, 2.05) is 24.3 Å². The molecule has 1 atom stereocenters. The number of aliphatic carboxylic acids is 1. The smallest absolute Gasteiger partial charge is 0.304 e. The van der Waals surface area contributed by atoms with Gasteiger partial charge in [-0.15, -0.1) is 0 Å². The van der Waals surface area contributed by atoms with Crippen LogP contribution < -0.4 is 10.1 Å². The molecule has 0 aliphatic rings. The molecule has 1 aromatic carbocycles. The van der Waals surface area contributed by atoms with Crippen LogP contribution in [0.2, 0.25) is 0 Å². The fourth-order valence-electron chi connectivity index (χ4n) is 1.46. The number of nitrogens with one attached hydrogen (secondary N) is 1. The van der Waals surface area contributed by atoms with Gasteiger partial charge in [-0.1, -0.05) is 19.1 Å². The summed E-state index contributed by atoms with van der Waals surface area (Å²) in [6, 6.07) is 7.31. The monoisotopic (exact) mass is 251 g/mol. The minimum Gasteiger partial charge on any atom is -0.497 e. The van der Waals surface area contributed by atoms with Gasteiger partial charge in [0.1, 0.15) is 5.75 Å². The average molecular weight is 251 g/mol. The Morgan fingerprint density at radius 2 is 1.94 bits per heavy atom. The highest BCUT2D eigenvalue weighted by Gasteiger charge is 2.15. The molecule has 5 heteroatoms. The standard InChI is InChI=1S/C13H17NO4/c1-9(7-12(15)16)13(17)14-8-10-3-5-11(18-2)6-4-10/h3-6,9H,7-8H2,1-2H3,(H,14,17)(H,15,16). The summed E-state index contributed by atoms with van der Waals surface area (Å²) in [7, 11) is 1.59. The predicted octanol–water partition coefficient (Wildman–Crippen LogP) is 1.42. The maximum atomic E-state index is 11.6. The first-order valence-corrected chi connectivity index (χ1v) is 5.65. The van der Waals surface area contributed by atoms with Crippen LogP contribution in [0.25, 0.3) is 0 Å². The summed E-state index contributed by atoms with van der Waals surface area (Å²) in [6.45, 7) is 1.98. The summed E-state index contributed by atoms with van der Waals surface area (Å²) >= 11 is 0. The molecule has 0 saturated carbocycles. The van der Waals surface area contributed by atoms with Gasteiger partial charge < -0.3 is 15.2 Å². The lowest BCUT2D eigenvalue weighted by Crippen LogP contribution is -2.30. The Balaban J connectivity index is 2.44. The molecule has 0 radical (unpaired) electrons. The van der Waals surface area contributed by atoms with E-state index in [1.54, 1.807) is 14.0 Å². The number of carboxylic acids is 1. The molecule has 0 saturated heterocycles. The molecule has 1 rings (SSSR count). The van der Waals surface area contributed by atoms with Crippen LogP contribution in [-0.4, -0.2) is 24.1 Å². The number of hydrogen-bond donors (Lipinski definition) is 2. The number of methoxy groups -OCH3 is 1.